The van der Waals surface area contributed by atoms with E-state index in [0.717, 1.165) is 11.3 Å². The van der Waals surface area contributed by atoms with Crippen LogP contribution in [0, 0.1) is 0 Å². The number of hydrogen-bond acceptors (Lipinski definition) is 4. The van der Waals surface area contributed by atoms with Crippen LogP contribution in [0.4, 0.5) is 0 Å². The van der Waals surface area contributed by atoms with Crippen LogP contribution >= 0.6 is 0 Å². The van der Waals surface area contributed by atoms with E-state index >= 15 is 0 Å². The van der Waals surface area contributed by atoms with Crippen molar-refractivity contribution in [3.05, 3.63) is 48.3 Å². The number of aliphatic hydroxyl groups is 1. The average Bonchev–Trinajstić information content (AvgIpc) is 2.93. The Hall–Kier alpha value is -1.69. The number of aromatic nitrogens is 2. The first-order valence-corrected chi connectivity index (χ1v) is 6.25. The normalized spacial score (nSPS) is 12.5. The molecule has 1 unspecified atom stereocenters. The number of nitrogens with zero attached hydrogens (tertiary/aromatic N) is 2. The molecule has 0 bridgehead atoms. The SMILES string of the molecule is COCC(CO)NCc1cnn(-c2ccccc2)c1. The Bertz CT molecular complexity index is 484. The number of benzene rings is 1. The summed E-state index contributed by atoms with van der Waals surface area (Å²) >= 11 is 0. The molecular weight excluding hydrogens is 242 g/mol. The highest BCUT2D eigenvalue weighted by molar-refractivity contribution is 5.30. The molecule has 0 aliphatic carbocycles. The fraction of sp³-hybridized carbons (Fsp3) is 0.357. The first kappa shape index (κ1) is 13.7. The van der Waals surface area contributed by atoms with Crippen LogP contribution in [0.3, 0.4) is 0 Å². The van der Waals surface area contributed by atoms with Crippen molar-refractivity contribution < 1.29 is 9.84 Å². The molecule has 2 aromatic rings. The summed E-state index contributed by atoms with van der Waals surface area (Å²) in [6, 6.07) is 9.90. The quantitative estimate of drug-likeness (QED) is 0.779. The number of nitrogens with one attached hydrogen (secondary N) is 1. The number of methoxy groups -OCH3 is 1. The van der Waals surface area contributed by atoms with Gasteiger partial charge in [0.2, 0.25) is 0 Å². The fourth-order valence-electron chi connectivity index (χ4n) is 1.81. The Balaban J connectivity index is 1.94. The van der Waals surface area contributed by atoms with Gasteiger partial charge in [-0.1, -0.05) is 18.2 Å². The molecule has 0 aliphatic rings. The van der Waals surface area contributed by atoms with Crippen LogP contribution in [0.15, 0.2) is 42.7 Å². The molecule has 19 heavy (non-hydrogen) atoms. The predicted molar refractivity (Wildman–Crippen MR) is 73.2 cm³/mol. The maximum Gasteiger partial charge on any atom is 0.0645 e. The lowest BCUT2D eigenvalue weighted by atomic mass is 10.3. The van der Waals surface area contributed by atoms with Gasteiger partial charge in [-0.25, -0.2) is 4.68 Å². The van der Waals surface area contributed by atoms with Gasteiger partial charge in [0.05, 0.1) is 31.1 Å². The highest BCUT2D eigenvalue weighted by atomic mass is 16.5. The zero-order valence-electron chi connectivity index (χ0n) is 11.0. The first-order valence-electron chi connectivity index (χ1n) is 6.25. The van der Waals surface area contributed by atoms with Gasteiger partial charge in [-0.15, -0.1) is 0 Å². The molecule has 1 aromatic carbocycles. The van der Waals surface area contributed by atoms with Crippen LogP contribution in [0.5, 0.6) is 0 Å². The summed E-state index contributed by atoms with van der Waals surface area (Å²) in [7, 11) is 1.62. The molecule has 0 radical (unpaired) electrons. The van der Waals surface area contributed by atoms with E-state index in [-0.39, 0.29) is 12.6 Å². The summed E-state index contributed by atoms with van der Waals surface area (Å²) in [5.74, 6) is 0. The molecule has 0 saturated heterocycles. The van der Waals surface area contributed by atoms with Crippen molar-refractivity contribution in [2.75, 3.05) is 20.3 Å². The molecule has 1 atom stereocenters. The Kier molecular flexibility index (Phi) is 5.09. The number of aliphatic hydroxyl groups excluding tert-OH is 1. The molecule has 0 saturated carbocycles. The molecule has 0 spiro atoms. The molecule has 5 nitrogen and oxygen atoms in total. The van der Waals surface area contributed by atoms with Crippen molar-refractivity contribution in [1.82, 2.24) is 15.1 Å². The maximum absolute atomic E-state index is 9.16. The monoisotopic (exact) mass is 261 g/mol. The van der Waals surface area contributed by atoms with Crippen LogP contribution in [-0.4, -0.2) is 41.3 Å². The Morgan fingerprint density at radius 3 is 2.84 bits per heavy atom. The number of hydrogen-bond donors (Lipinski definition) is 2. The lowest BCUT2D eigenvalue weighted by Gasteiger charge is -2.14. The molecule has 2 N–H and O–H groups in total. The van der Waals surface area contributed by atoms with Crippen molar-refractivity contribution in [2.45, 2.75) is 12.6 Å². The largest absolute Gasteiger partial charge is 0.395 e. The number of para-hydroxylation sites is 1. The zero-order valence-corrected chi connectivity index (χ0v) is 11.0. The molecule has 0 amide bonds. The molecule has 5 heteroatoms. The Labute approximate surface area is 112 Å². The van der Waals surface area contributed by atoms with Crippen LogP contribution < -0.4 is 5.32 Å². The summed E-state index contributed by atoms with van der Waals surface area (Å²) < 4.78 is 6.85. The molecule has 1 heterocycles. The minimum atomic E-state index is -0.0509. The molecule has 0 aliphatic heterocycles. The molecule has 1 aromatic heterocycles. The van der Waals surface area contributed by atoms with E-state index in [1.807, 2.05) is 47.4 Å². The summed E-state index contributed by atoms with van der Waals surface area (Å²) in [4.78, 5) is 0. The zero-order chi connectivity index (χ0) is 13.5. The number of rotatable bonds is 7. The van der Waals surface area contributed by atoms with Gasteiger partial charge in [-0.05, 0) is 12.1 Å². The summed E-state index contributed by atoms with van der Waals surface area (Å²) in [5.41, 5.74) is 2.10. The highest BCUT2D eigenvalue weighted by Crippen LogP contribution is 2.07. The van der Waals surface area contributed by atoms with E-state index in [1.54, 1.807) is 7.11 Å². The summed E-state index contributed by atoms with van der Waals surface area (Å²) in [5, 5.41) is 16.7. The molecule has 102 valence electrons. The van der Waals surface area contributed by atoms with Gasteiger partial charge in [-0.3, -0.25) is 0 Å². The van der Waals surface area contributed by atoms with E-state index in [1.165, 1.54) is 0 Å². The van der Waals surface area contributed by atoms with Gasteiger partial charge in [0.25, 0.3) is 0 Å². The van der Waals surface area contributed by atoms with Gasteiger partial charge < -0.3 is 15.2 Å². The van der Waals surface area contributed by atoms with Crippen molar-refractivity contribution >= 4 is 0 Å². The fourth-order valence-corrected chi connectivity index (χ4v) is 1.81. The predicted octanol–water partition coefficient (Wildman–Crippen LogP) is 0.969. The second-order valence-electron chi connectivity index (χ2n) is 4.34. The van der Waals surface area contributed by atoms with Crippen molar-refractivity contribution in [3.8, 4) is 5.69 Å². The van der Waals surface area contributed by atoms with Crippen molar-refractivity contribution in [3.63, 3.8) is 0 Å². The van der Waals surface area contributed by atoms with Crippen LogP contribution in [0.1, 0.15) is 5.56 Å². The lowest BCUT2D eigenvalue weighted by Crippen LogP contribution is -2.35. The second-order valence-corrected chi connectivity index (χ2v) is 4.34. The number of ether oxygens (including phenoxy) is 1. The molecule has 2 rings (SSSR count). The highest BCUT2D eigenvalue weighted by Gasteiger charge is 2.07. The molecular formula is C14H19N3O2. The molecule has 0 fully saturated rings. The minimum absolute atomic E-state index is 0.0509. The second kappa shape index (κ2) is 7.04. The standard InChI is InChI=1S/C14H19N3O2/c1-19-11-13(10-18)15-7-12-8-16-17(9-12)14-5-3-2-4-6-14/h2-6,8-9,13,15,18H,7,10-11H2,1H3. The Morgan fingerprint density at radius 1 is 1.37 bits per heavy atom. The van der Waals surface area contributed by atoms with Crippen LogP contribution in [0.2, 0.25) is 0 Å². The third kappa shape index (κ3) is 3.89. The average molecular weight is 261 g/mol. The third-order valence-electron chi connectivity index (χ3n) is 2.84. The van der Waals surface area contributed by atoms with E-state index < -0.39 is 0 Å². The van der Waals surface area contributed by atoms with Gasteiger partial charge >= 0.3 is 0 Å². The summed E-state index contributed by atoms with van der Waals surface area (Å²) in [6.45, 7) is 1.20. The van der Waals surface area contributed by atoms with E-state index in [2.05, 4.69) is 10.4 Å². The topological polar surface area (TPSA) is 59.3 Å². The Morgan fingerprint density at radius 2 is 2.16 bits per heavy atom. The van der Waals surface area contributed by atoms with Crippen molar-refractivity contribution in [2.24, 2.45) is 0 Å². The van der Waals surface area contributed by atoms with Gasteiger partial charge in [0, 0.05) is 25.4 Å². The third-order valence-corrected chi connectivity index (χ3v) is 2.84. The summed E-state index contributed by atoms with van der Waals surface area (Å²) in [6.07, 6.45) is 3.80. The van der Waals surface area contributed by atoms with Gasteiger partial charge in [0.1, 0.15) is 0 Å². The van der Waals surface area contributed by atoms with E-state index in [9.17, 15) is 0 Å². The lowest BCUT2D eigenvalue weighted by molar-refractivity contribution is 0.128. The first-order chi connectivity index (χ1) is 9.33. The smallest absolute Gasteiger partial charge is 0.0645 e. The maximum atomic E-state index is 9.16. The minimum Gasteiger partial charge on any atom is -0.395 e. The van der Waals surface area contributed by atoms with Crippen molar-refractivity contribution in [1.29, 1.82) is 0 Å². The van der Waals surface area contributed by atoms with Crippen LogP contribution in [0.25, 0.3) is 5.69 Å². The van der Waals surface area contributed by atoms with Gasteiger partial charge in [0.15, 0.2) is 0 Å². The van der Waals surface area contributed by atoms with E-state index in [4.69, 9.17) is 9.84 Å². The van der Waals surface area contributed by atoms with Gasteiger partial charge in [-0.2, -0.15) is 5.10 Å². The van der Waals surface area contributed by atoms with Crippen LogP contribution in [-0.2, 0) is 11.3 Å². The van der Waals surface area contributed by atoms with E-state index in [0.29, 0.717) is 13.2 Å².